The van der Waals surface area contributed by atoms with E-state index in [0.717, 1.165) is 10.9 Å². The highest BCUT2D eigenvalue weighted by Gasteiger charge is 2.28. The van der Waals surface area contributed by atoms with Gasteiger partial charge < -0.3 is 9.47 Å². The SMILES string of the molecule is COCO[C@@H](c1ccccc1)[C@@H](Cn1cc([Si](C)(C)C)nn1)c1ccccc1. The lowest BCUT2D eigenvalue weighted by Gasteiger charge is -2.28. The van der Waals surface area contributed by atoms with E-state index in [9.17, 15) is 0 Å². The van der Waals surface area contributed by atoms with Crippen molar-refractivity contribution in [2.75, 3.05) is 13.9 Å². The molecule has 5 nitrogen and oxygen atoms in total. The zero-order valence-corrected chi connectivity index (χ0v) is 18.1. The zero-order chi connectivity index (χ0) is 20.0. The van der Waals surface area contributed by atoms with Gasteiger partial charge in [-0.15, -0.1) is 5.10 Å². The average molecular weight is 396 g/mol. The minimum Gasteiger partial charge on any atom is -0.359 e. The molecule has 2 aromatic carbocycles. The monoisotopic (exact) mass is 395 g/mol. The Morgan fingerprint density at radius 3 is 2.07 bits per heavy atom. The van der Waals surface area contributed by atoms with Crippen LogP contribution in [-0.4, -0.2) is 37.0 Å². The summed E-state index contributed by atoms with van der Waals surface area (Å²) in [6.07, 6.45) is 1.95. The summed E-state index contributed by atoms with van der Waals surface area (Å²) >= 11 is 0. The average Bonchev–Trinajstić information content (AvgIpc) is 3.18. The largest absolute Gasteiger partial charge is 0.359 e. The maximum Gasteiger partial charge on any atom is 0.147 e. The number of ether oxygens (including phenoxy) is 2. The van der Waals surface area contributed by atoms with Crippen LogP contribution < -0.4 is 5.32 Å². The Morgan fingerprint density at radius 1 is 0.929 bits per heavy atom. The van der Waals surface area contributed by atoms with Gasteiger partial charge in [0.05, 0.1) is 18.0 Å². The molecule has 0 saturated carbocycles. The van der Waals surface area contributed by atoms with Crippen molar-refractivity contribution in [3.05, 3.63) is 78.0 Å². The van der Waals surface area contributed by atoms with Crippen LogP contribution in [0.4, 0.5) is 0 Å². The van der Waals surface area contributed by atoms with Gasteiger partial charge in [-0.3, -0.25) is 4.68 Å². The molecule has 1 aromatic heterocycles. The highest BCUT2D eigenvalue weighted by Crippen LogP contribution is 2.35. The van der Waals surface area contributed by atoms with Gasteiger partial charge >= 0.3 is 0 Å². The second-order valence-electron chi connectivity index (χ2n) is 8.00. The first-order valence-electron chi connectivity index (χ1n) is 9.60. The van der Waals surface area contributed by atoms with Gasteiger partial charge in [0.25, 0.3) is 0 Å². The van der Waals surface area contributed by atoms with Crippen molar-refractivity contribution in [2.24, 2.45) is 0 Å². The zero-order valence-electron chi connectivity index (χ0n) is 17.1. The fourth-order valence-corrected chi connectivity index (χ4v) is 4.12. The predicted octanol–water partition coefficient (Wildman–Crippen LogP) is 3.97. The van der Waals surface area contributed by atoms with Crippen LogP contribution in [0.1, 0.15) is 23.1 Å². The maximum absolute atomic E-state index is 6.17. The van der Waals surface area contributed by atoms with Crippen LogP contribution in [0.2, 0.25) is 19.6 Å². The number of methoxy groups -OCH3 is 1. The van der Waals surface area contributed by atoms with E-state index in [0.29, 0.717) is 6.54 Å². The first-order chi connectivity index (χ1) is 13.5. The Hall–Kier alpha value is -2.28. The van der Waals surface area contributed by atoms with Gasteiger partial charge in [-0.2, -0.15) is 0 Å². The van der Waals surface area contributed by atoms with Crippen LogP contribution in [0.5, 0.6) is 0 Å². The predicted molar refractivity (Wildman–Crippen MR) is 114 cm³/mol. The number of hydrogen-bond acceptors (Lipinski definition) is 4. The maximum atomic E-state index is 6.17. The van der Waals surface area contributed by atoms with Crippen molar-refractivity contribution in [3.8, 4) is 0 Å². The summed E-state index contributed by atoms with van der Waals surface area (Å²) in [6.45, 7) is 7.77. The van der Waals surface area contributed by atoms with E-state index in [-0.39, 0.29) is 18.8 Å². The number of aromatic nitrogens is 3. The molecule has 0 fully saturated rings. The summed E-state index contributed by atoms with van der Waals surface area (Å²) in [5, 5.41) is 9.98. The van der Waals surface area contributed by atoms with Crippen LogP contribution >= 0.6 is 0 Å². The molecule has 0 saturated heterocycles. The third-order valence-electron chi connectivity index (χ3n) is 4.78. The Balaban J connectivity index is 1.96. The number of rotatable bonds is 9. The standard InChI is InChI=1S/C22H29N3O2Si/c1-26-17-27-22(19-13-9-6-10-14-19)20(18-11-7-5-8-12-18)15-25-16-21(23-24-25)28(2,3)4/h5-14,16,20,22H,15,17H2,1-4H3/t20-,22-/m0/s1. The molecule has 1 heterocycles. The molecular weight excluding hydrogens is 366 g/mol. The highest BCUT2D eigenvalue weighted by atomic mass is 28.3. The van der Waals surface area contributed by atoms with Crippen LogP contribution in [-0.2, 0) is 16.0 Å². The lowest BCUT2D eigenvalue weighted by molar-refractivity contribution is -0.0844. The molecule has 0 aliphatic carbocycles. The van der Waals surface area contributed by atoms with Gasteiger partial charge in [-0.1, -0.05) is 85.5 Å². The summed E-state index contributed by atoms with van der Waals surface area (Å²) in [5.74, 6) is 0.0786. The minimum atomic E-state index is -1.50. The van der Waals surface area contributed by atoms with Crippen molar-refractivity contribution in [1.82, 2.24) is 15.0 Å². The van der Waals surface area contributed by atoms with Crippen molar-refractivity contribution >= 4 is 13.4 Å². The molecule has 0 amide bonds. The van der Waals surface area contributed by atoms with Gasteiger partial charge in [-0.05, 0) is 11.1 Å². The van der Waals surface area contributed by atoms with Gasteiger partial charge in [0, 0.05) is 19.2 Å². The normalized spacial score (nSPS) is 14.0. The fraction of sp³-hybridized carbons (Fsp3) is 0.364. The molecule has 0 N–H and O–H groups in total. The Kier molecular flexibility index (Phi) is 6.77. The lowest BCUT2D eigenvalue weighted by atomic mass is 9.89. The van der Waals surface area contributed by atoms with E-state index >= 15 is 0 Å². The third kappa shape index (κ3) is 5.16. The Bertz CT molecular complexity index is 847. The molecule has 0 spiro atoms. The van der Waals surface area contributed by atoms with Crippen LogP contribution in [0.15, 0.2) is 66.9 Å². The molecule has 2 atom stereocenters. The van der Waals surface area contributed by atoms with Crippen molar-refractivity contribution in [3.63, 3.8) is 0 Å². The second kappa shape index (κ2) is 9.27. The first-order valence-corrected chi connectivity index (χ1v) is 13.1. The summed E-state index contributed by atoms with van der Waals surface area (Å²) in [7, 11) is 0.149. The van der Waals surface area contributed by atoms with Crippen molar-refractivity contribution in [2.45, 2.75) is 38.2 Å². The van der Waals surface area contributed by atoms with E-state index in [1.165, 1.54) is 5.56 Å². The molecule has 0 aliphatic heterocycles. The highest BCUT2D eigenvalue weighted by molar-refractivity contribution is 6.88. The molecule has 3 rings (SSSR count). The molecule has 6 heteroatoms. The third-order valence-corrected chi connectivity index (χ3v) is 6.54. The van der Waals surface area contributed by atoms with E-state index in [4.69, 9.17) is 9.47 Å². The Labute approximate surface area is 168 Å². The fourth-order valence-electron chi connectivity index (χ4n) is 3.24. The number of nitrogens with zero attached hydrogens (tertiary/aromatic N) is 3. The summed E-state index contributed by atoms with van der Waals surface area (Å²) in [5.41, 5.74) is 2.33. The van der Waals surface area contributed by atoms with E-state index in [1.54, 1.807) is 7.11 Å². The van der Waals surface area contributed by atoms with E-state index < -0.39 is 8.07 Å². The van der Waals surface area contributed by atoms with E-state index in [1.807, 2.05) is 28.9 Å². The summed E-state index contributed by atoms with van der Waals surface area (Å²) < 4.78 is 13.3. The second-order valence-corrected chi connectivity index (χ2v) is 13.0. The van der Waals surface area contributed by atoms with Crippen LogP contribution in [0.3, 0.4) is 0 Å². The molecule has 28 heavy (non-hydrogen) atoms. The van der Waals surface area contributed by atoms with Gasteiger partial charge in [0.1, 0.15) is 14.9 Å². The molecule has 3 aromatic rings. The molecular formula is C22H29N3O2Si. The topological polar surface area (TPSA) is 49.2 Å². The van der Waals surface area contributed by atoms with Gasteiger partial charge in [0.2, 0.25) is 0 Å². The molecule has 0 bridgehead atoms. The Morgan fingerprint density at radius 2 is 1.54 bits per heavy atom. The first kappa shape index (κ1) is 20.5. The molecule has 0 aliphatic rings. The molecule has 148 valence electrons. The molecule has 0 unspecified atom stereocenters. The summed E-state index contributed by atoms with van der Waals surface area (Å²) in [4.78, 5) is 0. The smallest absolute Gasteiger partial charge is 0.147 e. The van der Waals surface area contributed by atoms with Gasteiger partial charge in [-0.25, -0.2) is 0 Å². The van der Waals surface area contributed by atoms with Crippen LogP contribution in [0.25, 0.3) is 0 Å². The van der Waals surface area contributed by atoms with Crippen molar-refractivity contribution < 1.29 is 9.47 Å². The van der Waals surface area contributed by atoms with Crippen LogP contribution in [0, 0.1) is 0 Å². The minimum absolute atomic E-state index is 0.0786. The quantitative estimate of drug-likeness (QED) is 0.406. The number of hydrogen-bond donors (Lipinski definition) is 0. The number of benzene rings is 2. The van der Waals surface area contributed by atoms with E-state index in [2.05, 4.69) is 72.5 Å². The summed E-state index contributed by atoms with van der Waals surface area (Å²) in [6, 6.07) is 20.8. The van der Waals surface area contributed by atoms with Crippen molar-refractivity contribution in [1.29, 1.82) is 0 Å². The lowest BCUT2D eigenvalue weighted by Crippen LogP contribution is -2.38. The molecule has 0 radical (unpaired) electrons. The van der Waals surface area contributed by atoms with Gasteiger partial charge in [0.15, 0.2) is 0 Å².